The lowest BCUT2D eigenvalue weighted by Gasteiger charge is -2.37. The molecule has 1 aromatic heterocycles. The molecule has 0 radical (unpaired) electrons. The summed E-state index contributed by atoms with van der Waals surface area (Å²) in [6.07, 6.45) is -4.63. The third-order valence-electron chi connectivity index (χ3n) is 3.00. The molecule has 18 heavy (non-hydrogen) atoms. The molecule has 1 aliphatic rings. The fraction of sp³-hybridized carbons (Fsp3) is 0.364. The lowest BCUT2D eigenvalue weighted by Crippen LogP contribution is -2.49. The Morgan fingerprint density at radius 1 is 1.39 bits per heavy atom. The van der Waals surface area contributed by atoms with Gasteiger partial charge in [-0.1, -0.05) is 6.07 Å². The monoisotopic (exact) mass is 259 g/mol. The van der Waals surface area contributed by atoms with Crippen molar-refractivity contribution in [1.29, 1.82) is 0 Å². The Hall–Kier alpha value is -1.92. The van der Waals surface area contributed by atoms with Crippen molar-refractivity contribution in [3.05, 3.63) is 29.6 Å². The number of ketones is 1. The standard InChI is InChI=1S/C11H8F3NO3/c12-11(13,14)8-7(2-1-3-15-8)10(9(17)18)4-6(16)5-10/h1-3H,4-5H2,(H,17,18). The summed E-state index contributed by atoms with van der Waals surface area (Å²) in [4.78, 5) is 25.4. The minimum atomic E-state index is -4.74. The highest BCUT2D eigenvalue weighted by Crippen LogP contribution is 2.45. The molecule has 1 fully saturated rings. The Kier molecular flexibility index (Phi) is 2.64. The Morgan fingerprint density at radius 3 is 2.44 bits per heavy atom. The van der Waals surface area contributed by atoms with Crippen molar-refractivity contribution in [3.63, 3.8) is 0 Å². The van der Waals surface area contributed by atoms with E-state index < -0.39 is 41.7 Å². The predicted octanol–water partition coefficient (Wildman–Crippen LogP) is 1.79. The van der Waals surface area contributed by atoms with Crippen LogP contribution in [0.15, 0.2) is 18.3 Å². The summed E-state index contributed by atoms with van der Waals surface area (Å²) < 4.78 is 38.3. The van der Waals surface area contributed by atoms with E-state index in [1.54, 1.807) is 0 Å². The molecule has 1 aliphatic carbocycles. The van der Waals surface area contributed by atoms with Crippen molar-refractivity contribution < 1.29 is 27.9 Å². The molecular weight excluding hydrogens is 251 g/mol. The van der Waals surface area contributed by atoms with Gasteiger partial charge in [0, 0.05) is 24.6 Å². The summed E-state index contributed by atoms with van der Waals surface area (Å²) in [6, 6.07) is 2.30. The molecular formula is C11H8F3NO3. The molecule has 0 amide bonds. The van der Waals surface area contributed by atoms with Gasteiger partial charge >= 0.3 is 12.1 Å². The molecule has 0 atom stereocenters. The topological polar surface area (TPSA) is 67.3 Å². The summed E-state index contributed by atoms with van der Waals surface area (Å²) in [5.74, 6) is -1.80. The molecule has 2 rings (SSSR count). The maximum Gasteiger partial charge on any atom is 0.433 e. The van der Waals surface area contributed by atoms with Gasteiger partial charge in [-0.05, 0) is 6.07 Å². The lowest BCUT2D eigenvalue weighted by molar-refractivity contribution is -0.156. The molecule has 1 aromatic rings. The summed E-state index contributed by atoms with van der Waals surface area (Å²) >= 11 is 0. The van der Waals surface area contributed by atoms with Crippen molar-refractivity contribution in [2.75, 3.05) is 0 Å². The first-order chi connectivity index (χ1) is 8.27. The second kappa shape index (κ2) is 3.79. The van der Waals surface area contributed by atoms with Gasteiger partial charge < -0.3 is 5.11 Å². The quantitative estimate of drug-likeness (QED) is 0.879. The predicted molar refractivity (Wildman–Crippen MR) is 52.8 cm³/mol. The number of carbonyl (C=O) groups excluding carboxylic acids is 1. The molecule has 0 spiro atoms. The summed E-state index contributed by atoms with van der Waals surface area (Å²) in [6.45, 7) is 0. The first-order valence-corrected chi connectivity index (χ1v) is 5.05. The van der Waals surface area contributed by atoms with E-state index in [2.05, 4.69) is 4.98 Å². The van der Waals surface area contributed by atoms with E-state index in [-0.39, 0.29) is 5.78 Å². The number of hydrogen-bond donors (Lipinski definition) is 1. The number of carboxylic acids is 1. The van der Waals surface area contributed by atoms with Crippen molar-refractivity contribution in [3.8, 4) is 0 Å². The number of aliphatic carboxylic acids is 1. The molecule has 0 aromatic carbocycles. The maximum atomic E-state index is 12.8. The summed E-state index contributed by atoms with van der Waals surface area (Å²) in [7, 11) is 0. The van der Waals surface area contributed by atoms with Crippen molar-refractivity contribution in [2.24, 2.45) is 0 Å². The highest BCUT2D eigenvalue weighted by molar-refractivity contribution is 6.01. The first kappa shape index (κ1) is 12.5. The van der Waals surface area contributed by atoms with Gasteiger partial charge in [0.25, 0.3) is 0 Å². The zero-order valence-corrected chi connectivity index (χ0v) is 8.99. The molecule has 7 heteroatoms. The summed E-state index contributed by atoms with van der Waals surface area (Å²) in [5, 5.41) is 9.10. The van der Waals surface area contributed by atoms with Crippen LogP contribution < -0.4 is 0 Å². The number of Topliss-reactive ketones (excluding diaryl/α,β-unsaturated/α-hetero) is 1. The van der Waals surface area contributed by atoms with Crippen LogP contribution in [-0.2, 0) is 21.2 Å². The van der Waals surface area contributed by atoms with Crippen molar-refractivity contribution in [2.45, 2.75) is 24.4 Å². The van der Waals surface area contributed by atoms with Crippen LogP contribution in [-0.4, -0.2) is 21.8 Å². The van der Waals surface area contributed by atoms with Gasteiger partial charge in [-0.15, -0.1) is 0 Å². The second-order valence-electron chi connectivity index (χ2n) is 4.18. The van der Waals surface area contributed by atoms with Crippen molar-refractivity contribution in [1.82, 2.24) is 4.98 Å². The van der Waals surface area contributed by atoms with E-state index in [1.165, 1.54) is 6.07 Å². The largest absolute Gasteiger partial charge is 0.481 e. The van der Waals surface area contributed by atoms with Gasteiger partial charge in [0.05, 0.1) is 0 Å². The number of carbonyl (C=O) groups is 2. The Bertz CT molecular complexity index is 517. The molecule has 1 N–H and O–H groups in total. The van der Waals surface area contributed by atoms with Crippen LogP contribution in [0.1, 0.15) is 24.1 Å². The van der Waals surface area contributed by atoms with Crippen LogP contribution >= 0.6 is 0 Å². The second-order valence-corrected chi connectivity index (χ2v) is 4.18. The third-order valence-corrected chi connectivity index (χ3v) is 3.00. The highest BCUT2D eigenvalue weighted by atomic mass is 19.4. The van der Waals surface area contributed by atoms with Crippen LogP contribution in [0.2, 0.25) is 0 Å². The number of pyridine rings is 1. The van der Waals surface area contributed by atoms with Gasteiger partial charge in [-0.3, -0.25) is 14.6 Å². The smallest absolute Gasteiger partial charge is 0.433 e. The molecule has 1 saturated carbocycles. The molecule has 0 saturated heterocycles. The van der Waals surface area contributed by atoms with Crippen LogP contribution in [0.5, 0.6) is 0 Å². The van der Waals surface area contributed by atoms with Gasteiger partial charge in [0.1, 0.15) is 16.9 Å². The fourth-order valence-electron chi connectivity index (χ4n) is 2.10. The number of nitrogens with zero attached hydrogens (tertiary/aromatic N) is 1. The van der Waals surface area contributed by atoms with E-state index in [9.17, 15) is 22.8 Å². The average molecular weight is 259 g/mol. The number of rotatable bonds is 2. The fourth-order valence-corrected chi connectivity index (χ4v) is 2.10. The molecule has 0 bridgehead atoms. The van der Waals surface area contributed by atoms with E-state index in [0.29, 0.717) is 0 Å². The first-order valence-electron chi connectivity index (χ1n) is 5.05. The molecule has 1 heterocycles. The molecule has 0 unspecified atom stereocenters. The van der Waals surface area contributed by atoms with E-state index >= 15 is 0 Å². The summed E-state index contributed by atoms with van der Waals surface area (Å²) in [5.41, 5.74) is -3.46. The van der Waals surface area contributed by atoms with E-state index in [1.807, 2.05) is 0 Å². The normalized spacial score (nSPS) is 18.3. The average Bonchev–Trinajstić information content (AvgIpc) is 2.23. The van der Waals surface area contributed by atoms with Gasteiger partial charge in [-0.2, -0.15) is 13.2 Å². The van der Waals surface area contributed by atoms with Gasteiger partial charge in [0.2, 0.25) is 0 Å². The van der Waals surface area contributed by atoms with Crippen LogP contribution in [0, 0.1) is 0 Å². The minimum absolute atomic E-state index is 0.366. The van der Waals surface area contributed by atoms with Crippen LogP contribution in [0.4, 0.5) is 13.2 Å². The van der Waals surface area contributed by atoms with E-state index in [4.69, 9.17) is 5.11 Å². The van der Waals surface area contributed by atoms with Crippen LogP contribution in [0.3, 0.4) is 0 Å². The van der Waals surface area contributed by atoms with Gasteiger partial charge in [0.15, 0.2) is 0 Å². The highest BCUT2D eigenvalue weighted by Gasteiger charge is 2.55. The number of aromatic nitrogens is 1. The SMILES string of the molecule is O=C1CC(C(=O)O)(c2cccnc2C(F)(F)F)C1. The van der Waals surface area contributed by atoms with Crippen LogP contribution in [0.25, 0.3) is 0 Å². The Labute approximate surface area is 99.4 Å². The molecule has 0 aliphatic heterocycles. The zero-order valence-electron chi connectivity index (χ0n) is 8.99. The number of halogens is 3. The molecule has 4 nitrogen and oxygen atoms in total. The number of carboxylic acid groups (broad SMARTS) is 1. The Balaban J connectivity index is 2.57. The van der Waals surface area contributed by atoms with E-state index in [0.717, 1.165) is 12.3 Å². The van der Waals surface area contributed by atoms with Gasteiger partial charge in [-0.25, -0.2) is 0 Å². The number of hydrogen-bond acceptors (Lipinski definition) is 3. The third kappa shape index (κ3) is 1.75. The Morgan fingerprint density at radius 2 is 2.00 bits per heavy atom. The molecule has 96 valence electrons. The lowest BCUT2D eigenvalue weighted by atomic mass is 9.63. The minimum Gasteiger partial charge on any atom is -0.481 e. The van der Waals surface area contributed by atoms with Crippen molar-refractivity contribution >= 4 is 11.8 Å². The number of alkyl halides is 3. The maximum absolute atomic E-state index is 12.8. The zero-order chi connectivity index (χ0) is 13.6.